The highest BCUT2D eigenvalue weighted by atomic mass is 32.7. The van der Waals surface area contributed by atoms with Gasteiger partial charge in [-0.1, -0.05) is 5.21 Å². The first kappa shape index (κ1) is 31.1. The number of H-pyrrole nitrogens is 1. The van der Waals surface area contributed by atoms with Gasteiger partial charge in [-0.3, -0.25) is 14.3 Å². The lowest BCUT2D eigenvalue weighted by atomic mass is 10.1. The summed E-state index contributed by atoms with van der Waals surface area (Å²) in [6.45, 7) is -1.33. The van der Waals surface area contributed by atoms with E-state index in [0.29, 0.717) is 0 Å². The van der Waals surface area contributed by atoms with Crippen molar-refractivity contribution < 1.29 is 46.1 Å². The molecule has 7 rings (SSSR count). The number of thiol groups is 2. The minimum Gasteiger partial charge on any atom is -0.382 e. The van der Waals surface area contributed by atoms with Gasteiger partial charge in [0.2, 0.25) is 5.95 Å². The number of aromatic amines is 1. The van der Waals surface area contributed by atoms with Crippen LogP contribution in [-0.2, 0) is 27.6 Å². The van der Waals surface area contributed by atoms with Crippen molar-refractivity contribution in [3.63, 3.8) is 0 Å². The Morgan fingerprint density at radius 2 is 1.62 bits per heavy atom. The summed E-state index contributed by atoms with van der Waals surface area (Å²) < 4.78 is 67.8. The van der Waals surface area contributed by atoms with Gasteiger partial charge >= 0.3 is 14.3 Å². The molecule has 4 aromatic rings. The van der Waals surface area contributed by atoms with E-state index in [-0.39, 0.29) is 34.1 Å². The molecule has 0 aromatic carbocycles. The number of rotatable bonds is 2. The SMILES string of the molecule is Nc1nc2c(ncn2[C@@H]2O[C@@H]3CO[P+](O)(S)O[C@H]4[C@H](F)[C@H](n5nnc6c(N)ncnc65)O[C@@H]4CO[P+](O)(S)O[C@@H]2[C@@H]3F)c(=O)[nH]1. The fourth-order valence-corrected chi connectivity index (χ4v) is 8.08. The largest absolute Gasteiger partial charge is 0.476 e. The molecule has 0 spiro atoms. The van der Waals surface area contributed by atoms with E-state index >= 15 is 8.78 Å². The fourth-order valence-electron chi connectivity index (χ4n) is 5.12. The van der Waals surface area contributed by atoms with E-state index in [9.17, 15) is 14.6 Å². The molecule has 0 saturated carbocycles. The molecule has 7 N–H and O–H groups in total. The first-order chi connectivity index (χ1) is 21.3. The molecule has 0 radical (unpaired) electrons. The number of fused-ring (bicyclic) bond motifs is 5. The Balaban J connectivity index is 1.20. The lowest BCUT2D eigenvalue weighted by Crippen LogP contribution is -2.34. The van der Waals surface area contributed by atoms with Crippen LogP contribution in [0.3, 0.4) is 0 Å². The molecule has 2 bridgehead atoms. The predicted molar refractivity (Wildman–Crippen MR) is 156 cm³/mol. The van der Waals surface area contributed by atoms with Crippen molar-refractivity contribution in [2.45, 2.75) is 49.2 Å². The second-order valence-corrected chi connectivity index (χ2v) is 15.9. The van der Waals surface area contributed by atoms with Crippen molar-refractivity contribution in [2.75, 3.05) is 24.7 Å². The van der Waals surface area contributed by atoms with Crippen LogP contribution in [0.4, 0.5) is 20.5 Å². The normalized spacial score (nSPS) is 37.7. The number of anilines is 2. The number of alkyl halides is 2. The highest BCUT2D eigenvalue weighted by Gasteiger charge is 2.60. The summed E-state index contributed by atoms with van der Waals surface area (Å²) in [5, 5.41) is 7.74. The van der Waals surface area contributed by atoms with Crippen molar-refractivity contribution in [1.82, 2.24) is 44.5 Å². The Bertz CT molecular complexity index is 1820. The smallest absolute Gasteiger partial charge is 0.382 e. The van der Waals surface area contributed by atoms with Crippen LogP contribution >= 0.6 is 38.8 Å². The third kappa shape index (κ3) is 5.61. The van der Waals surface area contributed by atoms with Crippen LogP contribution < -0.4 is 17.0 Å². The molecule has 45 heavy (non-hydrogen) atoms. The Morgan fingerprint density at radius 1 is 0.933 bits per heavy atom. The maximum absolute atomic E-state index is 16.0. The van der Waals surface area contributed by atoms with E-state index in [1.165, 1.54) is 4.57 Å². The first-order valence-corrected chi connectivity index (χ1v) is 18.3. The number of hydrogen-bond acceptors (Lipinski definition) is 19. The molecule has 26 heteroatoms. The number of hydrogen-bond donors (Lipinski definition) is 7. The molecule has 3 aliphatic heterocycles. The van der Waals surface area contributed by atoms with Crippen LogP contribution in [0.5, 0.6) is 0 Å². The molecule has 20 nitrogen and oxygen atoms in total. The van der Waals surface area contributed by atoms with Gasteiger partial charge in [-0.05, 0) is 0 Å². The van der Waals surface area contributed by atoms with Crippen molar-refractivity contribution in [2.24, 2.45) is 0 Å². The molecule has 3 aliphatic rings. The number of nitrogens with one attached hydrogen (secondary N) is 1. The second-order valence-electron chi connectivity index (χ2n) is 9.97. The zero-order valence-corrected chi connectivity index (χ0v) is 25.8. The van der Waals surface area contributed by atoms with Crippen LogP contribution in [0.15, 0.2) is 17.4 Å². The van der Waals surface area contributed by atoms with E-state index in [1.807, 2.05) is 0 Å². The maximum atomic E-state index is 16.0. The average molecular weight is 714 g/mol. The van der Waals surface area contributed by atoms with Crippen LogP contribution in [0.2, 0.25) is 0 Å². The molecule has 242 valence electrons. The van der Waals surface area contributed by atoms with Gasteiger partial charge in [-0.15, -0.1) is 5.10 Å². The average Bonchev–Trinajstić information content (AvgIpc) is 3.72. The number of halogens is 2. The Morgan fingerprint density at radius 3 is 2.38 bits per heavy atom. The van der Waals surface area contributed by atoms with E-state index in [0.717, 1.165) is 17.3 Å². The molecule has 4 aromatic heterocycles. The molecule has 2 unspecified atom stereocenters. The summed E-state index contributed by atoms with van der Waals surface area (Å²) in [4.78, 5) is 52.5. The molecule has 0 amide bonds. The number of nitrogen functional groups attached to an aromatic ring is 2. The van der Waals surface area contributed by atoms with Crippen LogP contribution in [0, 0.1) is 0 Å². The summed E-state index contributed by atoms with van der Waals surface area (Å²) in [5.41, 5.74) is 10.7. The Kier molecular flexibility index (Phi) is 7.86. The quantitative estimate of drug-likeness (QED) is 0.106. The van der Waals surface area contributed by atoms with Gasteiger partial charge in [0.1, 0.15) is 31.7 Å². The topological polar surface area (TPSA) is 268 Å². The zero-order chi connectivity index (χ0) is 31.8. The second kappa shape index (κ2) is 11.3. The molecule has 3 saturated heterocycles. The standard InChI is InChI=1S/C19H22F2N11O9P2S2/c20-7-5-1-36-42(34,44)40-11-6(39-17(8(11)21)32-14-9(29-30-32)13(22)24-3-25-14)2-37-43(35,45)41-12(7)18(38-5)31-4-26-10-15(31)27-19(23)28-16(10)33/h3-8,11-12,17-18,34-35,44-45H,1-2H2,(H4-,22,23,24,25,27,28,30,33)/q+1/p+1/t5-,6-,7-,8+,11-,12-,17-,18-,42?,43?/m1/s1. The van der Waals surface area contributed by atoms with Gasteiger partial charge in [-0.2, -0.15) is 37.5 Å². The number of nitrogens with zero attached hydrogens (tertiary/aromatic N) is 8. The number of nitrogens with two attached hydrogens (primary N) is 2. The van der Waals surface area contributed by atoms with Gasteiger partial charge in [0.05, 0.1) is 30.8 Å². The highest BCUT2D eigenvalue weighted by molar-refractivity contribution is 8.47. The minimum atomic E-state index is -4.25. The molecular formula is C19H23F2N11O9P2S2+2. The molecule has 0 aliphatic carbocycles. The van der Waals surface area contributed by atoms with E-state index in [1.54, 1.807) is 0 Å². The number of ether oxygens (including phenoxy) is 2. The van der Waals surface area contributed by atoms with E-state index < -0.39 is 82.3 Å². The third-order valence-electron chi connectivity index (χ3n) is 7.12. The van der Waals surface area contributed by atoms with Gasteiger partial charge < -0.3 is 20.9 Å². The van der Waals surface area contributed by atoms with Crippen LogP contribution in [0.25, 0.3) is 22.3 Å². The van der Waals surface area contributed by atoms with Crippen LogP contribution in [-0.4, -0.2) is 104 Å². The zero-order valence-electron chi connectivity index (χ0n) is 22.2. The van der Waals surface area contributed by atoms with Gasteiger partial charge in [-0.25, -0.2) is 23.7 Å². The monoisotopic (exact) mass is 713 g/mol. The molecular weight excluding hydrogens is 690 g/mol. The number of aromatic nitrogens is 9. The summed E-state index contributed by atoms with van der Waals surface area (Å²) in [7, 11) is -8.46. The van der Waals surface area contributed by atoms with Crippen molar-refractivity contribution in [3.05, 3.63) is 23.0 Å². The first-order valence-electron chi connectivity index (χ1n) is 12.8. The predicted octanol–water partition coefficient (Wildman–Crippen LogP) is 0.00650. The Hall–Kier alpha value is -2.47. The minimum absolute atomic E-state index is 0.0102. The molecule has 10 atom stereocenters. The van der Waals surface area contributed by atoms with Crippen molar-refractivity contribution in [3.8, 4) is 0 Å². The van der Waals surface area contributed by atoms with E-state index in [4.69, 9.17) is 39.0 Å². The lowest BCUT2D eigenvalue weighted by molar-refractivity contribution is -0.0623. The Labute approximate surface area is 260 Å². The summed E-state index contributed by atoms with van der Waals surface area (Å²) in [6, 6.07) is 0. The maximum Gasteiger partial charge on any atom is 0.476 e. The van der Waals surface area contributed by atoms with Gasteiger partial charge in [0.25, 0.3) is 5.56 Å². The molecule has 7 heterocycles. The summed E-state index contributed by atoms with van der Waals surface area (Å²) in [5.74, 6) is -0.262. The fraction of sp³-hybridized carbons (Fsp3) is 0.526. The summed E-state index contributed by atoms with van der Waals surface area (Å²) >= 11 is 8.16. The van der Waals surface area contributed by atoms with Crippen molar-refractivity contribution in [1.29, 1.82) is 0 Å². The highest BCUT2D eigenvalue weighted by Crippen LogP contribution is 2.67. The van der Waals surface area contributed by atoms with Crippen LogP contribution in [0.1, 0.15) is 12.5 Å². The van der Waals surface area contributed by atoms with Gasteiger partial charge in [0, 0.05) is 0 Å². The lowest BCUT2D eigenvalue weighted by Gasteiger charge is -2.23. The third-order valence-corrected chi connectivity index (χ3v) is 10.4. The summed E-state index contributed by atoms with van der Waals surface area (Å²) in [6.07, 6.45) is -10.9. The molecule has 3 fully saturated rings. The van der Waals surface area contributed by atoms with E-state index in [2.05, 4.69) is 59.7 Å². The van der Waals surface area contributed by atoms with Gasteiger partial charge in [0.15, 0.2) is 65.2 Å². The van der Waals surface area contributed by atoms with Crippen molar-refractivity contribution >= 4 is 72.9 Å². The number of imidazole rings is 1.